The van der Waals surface area contributed by atoms with Crippen LogP contribution in [0.4, 0.5) is 0 Å². The second-order valence-electron chi connectivity index (χ2n) is 8.50. The molecule has 152 valence electrons. The van der Waals surface area contributed by atoms with Crippen molar-refractivity contribution < 1.29 is 4.79 Å². The van der Waals surface area contributed by atoms with Gasteiger partial charge in [-0.2, -0.15) is 0 Å². The SMILES string of the molecule is CNCCN(C)C(=O)c1cnc(C23CC4CC(CC(C4)C2)C3)[nH]c1=O.Cl.Cl. The van der Waals surface area contributed by atoms with Crippen molar-refractivity contribution in [3.8, 4) is 0 Å². The van der Waals surface area contributed by atoms with E-state index < -0.39 is 0 Å². The van der Waals surface area contributed by atoms with Crippen LogP contribution < -0.4 is 10.9 Å². The third-order valence-electron chi connectivity index (χ3n) is 6.61. The van der Waals surface area contributed by atoms with Crippen molar-refractivity contribution in [2.45, 2.75) is 43.9 Å². The summed E-state index contributed by atoms with van der Waals surface area (Å²) in [5, 5.41) is 3.01. The largest absolute Gasteiger partial charge is 0.340 e. The molecule has 0 aromatic carbocycles. The van der Waals surface area contributed by atoms with Crippen molar-refractivity contribution in [2.24, 2.45) is 17.8 Å². The molecule has 27 heavy (non-hydrogen) atoms. The lowest BCUT2D eigenvalue weighted by atomic mass is 9.49. The zero-order chi connectivity index (χ0) is 17.6. The first-order chi connectivity index (χ1) is 12.0. The third-order valence-corrected chi connectivity index (χ3v) is 6.61. The molecule has 6 nitrogen and oxygen atoms in total. The Morgan fingerprint density at radius 2 is 1.78 bits per heavy atom. The van der Waals surface area contributed by atoms with Crippen LogP contribution in [-0.2, 0) is 5.41 Å². The fraction of sp³-hybridized carbons (Fsp3) is 0.737. The molecule has 0 radical (unpaired) electrons. The molecule has 0 saturated heterocycles. The topological polar surface area (TPSA) is 78.1 Å². The molecule has 4 bridgehead atoms. The van der Waals surface area contributed by atoms with Gasteiger partial charge in [-0.05, 0) is 63.3 Å². The highest BCUT2D eigenvalue weighted by Crippen LogP contribution is 2.59. The Hall–Kier alpha value is -1.11. The number of carbonyl (C=O) groups excluding carboxylic acids is 1. The second-order valence-corrected chi connectivity index (χ2v) is 8.50. The van der Waals surface area contributed by atoms with Gasteiger partial charge in [-0.25, -0.2) is 4.98 Å². The molecule has 8 heteroatoms. The van der Waals surface area contributed by atoms with Gasteiger partial charge in [-0.3, -0.25) is 9.59 Å². The highest BCUT2D eigenvalue weighted by atomic mass is 35.5. The van der Waals surface area contributed by atoms with E-state index in [-0.39, 0.29) is 47.3 Å². The lowest BCUT2D eigenvalue weighted by Gasteiger charge is -2.56. The van der Waals surface area contributed by atoms with Gasteiger partial charge in [0.25, 0.3) is 11.5 Å². The minimum absolute atomic E-state index is 0. The van der Waals surface area contributed by atoms with Crippen molar-refractivity contribution in [1.29, 1.82) is 0 Å². The van der Waals surface area contributed by atoms with Crippen molar-refractivity contribution in [1.82, 2.24) is 20.2 Å². The predicted octanol–water partition coefficient (Wildman–Crippen LogP) is 2.37. The number of aromatic nitrogens is 2. The zero-order valence-electron chi connectivity index (χ0n) is 16.0. The molecule has 4 aliphatic rings. The maximum absolute atomic E-state index is 12.6. The first-order valence-electron chi connectivity index (χ1n) is 9.50. The Morgan fingerprint density at radius 1 is 1.22 bits per heavy atom. The van der Waals surface area contributed by atoms with E-state index in [1.807, 2.05) is 7.05 Å². The molecule has 4 aliphatic carbocycles. The number of rotatable bonds is 5. The number of halogens is 2. The Morgan fingerprint density at radius 3 is 2.26 bits per heavy atom. The molecule has 2 N–H and O–H groups in total. The van der Waals surface area contributed by atoms with Crippen molar-refractivity contribution in [2.75, 3.05) is 27.2 Å². The van der Waals surface area contributed by atoms with Crippen LogP contribution in [0.25, 0.3) is 0 Å². The Balaban J connectivity index is 0.00000131. The van der Waals surface area contributed by atoms with Gasteiger partial charge in [-0.15, -0.1) is 24.8 Å². The van der Waals surface area contributed by atoms with Gasteiger partial charge in [0, 0.05) is 31.7 Å². The van der Waals surface area contributed by atoms with E-state index in [9.17, 15) is 9.59 Å². The molecule has 1 amide bonds. The van der Waals surface area contributed by atoms with Gasteiger partial charge >= 0.3 is 0 Å². The number of nitrogens with zero attached hydrogens (tertiary/aromatic N) is 2. The van der Waals surface area contributed by atoms with Gasteiger partial charge in [0.1, 0.15) is 11.4 Å². The van der Waals surface area contributed by atoms with Gasteiger partial charge in [-0.1, -0.05) is 0 Å². The summed E-state index contributed by atoms with van der Waals surface area (Å²) in [7, 11) is 3.55. The molecular weight excluding hydrogens is 387 g/mol. The Bertz CT molecular complexity index is 701. The van der Waals surface area contributed by atoms with E-state index >= 15 is 0 Å². The van der Waals surface area contributed by atoms with E-state index in [1.54, 1.807) is 11.9 Å². The fourth-order valence-electron chi connectivity index (χ4n) is 5.80. The molecule has 0 spiro atoms. The van der Waals surface area contributed by atoms with Crippen molar-refractivity contribution >= 4 is 30.7 Å². The lowest BCUT2D eigenvalue weighted by molar-refractivity contribution is -0.00954. The summed E-state index contributed by atoms with van der Waals surface area (Å²) < 4.78 is 0. The smallest absolute Gasteiger partial charge is 0.263 e. The van der Waals surface area contributed by atoms with Gasteiger partial charge < -0.3 is 15.2 Å². The van der Waals surface area contributed by atoms with E-state index in [4.69, 9.17) is 0 Å². The maximum atomic E-state index is 12.6. The van der Waals surface area contributed by atoms with Crippen molar-refractivity contribution in [3.05, 3.63) is 27.9 Å². The van der Waals surface area contributed by atoms with Gasteiger partial charge in [0.15, 0.2) is 0 Å². The minimum atomic E-state index is -0.290. The van der Waals surface area contributed by atoms with Crippen LogP contribution in [-0.4, -0.2) is 48.0 Å². The summed E-state index contributed by atoms with van der Waals surface area (Å²) in [6.45, 7) is 1.25. The molecule has 1 aromatic rings. The second kappa shape index (κ2) is 8.50. The van der Waals surface area contributed by atoms with Gasteiger partial charge in [0.2, 0.25) is 0 Å². The normalized spacial score (nSPS) is 30.4. The van der Waals surface area contributed by atoms with Crippen molar-refractivity contribution in [3.63, 3.8) is 0 Å². The van der Waals surface area contributed by atoms with E-state index in [0.717, 1.165) is 42.8 Å². The number of carbonyl (C=O) groups is 1. The third kappa shape index (κ3) is 4.03. The van der Waals surface area contributed by atoms with Crippen LogP contribution in [0.5, 0.6) is 0 Å². The Kier molecular flexibility index (Phi) is 6.98. The number of hydrogen-bond donors (Lipinski definition) is 2. The number of amides is 1. The minimum Gasteiger partial charge on any atom is -0.340 e. The average molecular weight is 417 g/mol. The Labute approximate surface area is 172 Å². The van der Waals surface area contributed by atoms with Crippen LogP contribution in [0.3, 0.4) is 0 Å². The monoisotopic (exact) mass is 416 g/mol. The number of hydrogen-bond acceptors (Lipinski definition) is 4. The first-order valence-corrected chi connectivity index (χ1v) is 9.50. The molecule has 0 atom stereocenters. The molecule has 4 fully saturated rings. The summed E-state index contributed by atoms with van der Waals surface area (Å²) in [6, 6.07) is 0. The highest BCUT2D eigenvalue weighted by Gasteiger charge is 2.52. The maximum Gasteiger partial charge on any atom is 0.263 e. The van der Waals surface area contributed by atoms with Gasteiger partial charge in [0.05, 0.1) is 0 Å². The molecule has 4 saturated carbocycles. The predicted molar refractivity (Wildman–Crippen MR) is 110 cm³/mol. The molecule has 0 aliphatic heterocycles. The zero-order valence-corrected chi connectivity index (χ0v) is 17.6. The summed E-state index contributed by atoms with van der Waals surface area (Å²) >= 11 is 0. The molecule has 0 unspecified atom stereocenters. The standard InChI is InChI=1S/C19H28N4O2.2ClH/c1-20-3-4-23(2)17(25)15-11-21-18(22-16(15)24)19-8-12-5-13(9-19)7-14(6-12)10-19;;/h11-14,20H,3-10H2,1-2H3,(H,21,22,24);2*1H. The number of aromatic amines is 1. The van der Waals surface area contributed by atoms with E-state index in [2.05, 4.69) is 15.3 Å². The number of likely N-dealkylation sites (N-methyl/N-ethyl adjacent to an activating group) is 2. The number of nitrogens with one attached hydrogen (secondary N) is 2. The van der Waals surface area contributed by atoms with Crippen LogP contribution in [0.1, 0.15) is 54.7 Å². The van der Waals surface area contributed by atoms with Crippen LogP contribution in [0.15, 0.2) is 11.0 Å². The van der Waals surface area contributed by atoms with Crippen LogP contribution in [0, 0.1) is 17.8 Å². The summed E-state index contributed by atoms with van der Waals surface area (Å²) in [6.07, 6.45) is 9.03. The summed E-state index contributed by atoms with van der Waals surface area (Å²) in [4.78, 5) is 34.2. The quantitative estimate of drug-likeness (QED) is 0.771. The van der Waals surface area contributed by atoms with E-state index in [0.29, 0.717) is 13.1 Å². The summed E-state index contributed by atoms with van der Waals surface area (Å²) in [5.41, 5.74) is -0.0952. The molecule has 5 rings (SSSR count). The molecule has 1 aromatic heterocycles. The van der Waals surface area contributed by atoms with Crippen LogP contribution in [0.2, 0.25) is 0 Å². The first kappa shape index (κ1) is 22.2. The average Bonchev–Trinajstić information content (AvgIpc) is 2.57. The van der Waals surface area contributed by atoms with Crippen LogP contribution >= 0.6 is 24.8 Å². The highest BCUT2D eigenvalue weighted by molar-refractivity contribution is 5.93. The molecular formula is C19H30Cl2N4O2. The summed E-state index contributed by atoms with van der Waals surface area (Å²) in [5.74, 6) is 2.95. The van der Waals surface area contributed by atoms with E-state index in [1.165, 1.54) is 25.5 Å². The lowest BCUT2D eigenvalue weighted by Crippen LogP contribution is -2.50. The molecule has 1 heterocycles. The number of H-pyrrole nitrogens is 1. The fourth-order valence-corrected chi connectivity index (χ4v) is 5.80.